The number of nitrogens with zero attached hydrogens (tertiary/aromatic N) is 1. The van der Waals surface area contributed by atoms with Gasteiger partial charge < -0.3 is 15.5 Å². The molecule has 160 valence electrons. The van der Waals surface area contributed by atoms with Crippen LogP contribution >= 0.6 is 11.8 Å². The molecule has 3 N–H and O–H groups in total. The SMILES string of the molecule is C[C@H](NC(=O)[C@@H](CC(=O)N(C)C)NC(=O)[C@H]1NCSC1(C)C)C(=O)C(F)(F)F. The number of Topliss-reactive ketones (excluding diaryl/α,β-unsaturated/α-hetero) is 1. The van der Waals surface area contributed by atoms with E-state index in [9.17, 15) is 32.3 Å². The van der Waals surface area contributed by atoms with Gasteiger partial charge in [0.15, 0.2) is 0 Å². The Morgan fingerprint density at radius 2 is 1.79 bits per heavy atom. The Bertz CT molecular complexity index is 640. The highest BCUT2D eigenvalue weighted by atomic mass is 32.2. The number of ketones is 1. The van der Waals surface area contributed by atoms with Gasteiger partial charge in [-0.25, -0.2) is 0 Å². The van der Waals surface area contributed by atoms with Crippen molar-refractivity contribution in [1.82, 2.24) is 20.9 Å². The number of rotatable bonds is 7. The van der Waals surface area contributed by atoms with E-state index in [-0.39, 0.29) is 0 Å². The van der Waals surface area contributed by atoms with Crippen molar-refractivity contribution >= 4 is 35.3 Å². The minimum Gasteiger partial charge on any atom is -0.349 e. The molecule has 0 saturated carbocycles. The highest BCUT2D eigenvalue weighted by Gasteiger charge is 2.44. The molecule has 1 heterocycles. The number of carbonyl (C=O) groups is 4. The molecule has 1 fully saturated rings. The van der Waals surface area contributed by atoms with Crippen LogP contribution in [0.4, 0.5) is 13.2 Å². The second-order valence-corrected chi connectivity index (χ2v) is 8.80. The Kier molecular flexibility index (Phi) is 7.89. The van der Waals surface area contributed by atoms with E-state index < -0.39 is 59.0 Å². The fourth-order valence-corrected chi connectivity index (χ4v) is 3.47. The predicted molar refractivity (Wildman–Crippen MR) is 97.4 cm³/mol. The van der Waals surface area contributed by atoms with E-state index in [1.807, 2.05) is 19.2 Å². The van der Waals surface area contributed by atoms with Crippen LogP contribution in [0.1, 0.15) is 27.2 Å². The molecule has 0 spiro atoms. The van der Waals surface area contributed by atoms with Crippen LogP contribution in [0.5, 0.6) is 0 Å². The summed E-state index contributed by atoms with van der Waals surface area (Å²) in [6.07, 6.45) is -5.57. The van der Waals surface area contributed by atoms with Crippen molar-refractivity contribution in [2.75, 3.05) is 20.0 Å². The van der Waals surface area contributed by atoms with Gasteiger partial charge in [-0.3, -0.25) is 24.5 Å². The zero-order valence-electron chi connectivity index (χ0n) is 16.3. The normalized spacial score (nSPS) is 20.8. The third kappa shape index (κ3) is 6.36. The predicted octanol–water partition coefficient (Wildman–Crippen LogP) is 0.0267. The molecule has 0 aromatic rings. The molecule has 0 bridgehead atoms. The largest absolute Gasteiger partial charge is 0.452 e. The van der Waals surface area contributed by atoms with E-state index in [0.717, 1.165) is 6.92 Å². The Labute approximate surface area is 165 Å². The fourth-order valence-electron chi connectivity index (χ4n) is 2.50. The first-order chi connectivity index (χ1) is 12.7. The summed E-state index contributed by atoms with van der Waals surface area (Å²) < 4.78 is 37.1. The quantitative estimate of drug-likeness (QED) is 0.530. The summed E-state index contributed by atoms with van der Waals surface area (Å²) in [5.74, 6) is -3.73. The molecule has 0 radical (unpaired) electrons. The topological polar surface area (TPSA) is 108 Å². The molecule has 3 atom stereocenters. The molecule has 1 aliphatic heterocycles. The second kappa shape index (κ2) is 9.12. The summed E-state index contributed by atoms with van der Waals surface area (Å²) in [5, 5.41) is 7.31. The summed E-state index contributed by atoms with van der Waals surface area (Å²) >= 11 is 1.49. The van der Waals surface area contributed by atoms with Crippen LogP contribution in [-0.2, 0) is 19.2 Å². The van der Waals surface area contributed by atoms with E-state index >= 15 is 0 Å². The number of hydrogen-bond donors (Lipinski definition) is 3. The molecule has 28 heavy (non-hydrogen) atoms. The highest BCUT2D eigenvalue weighted by Crippen LogP contribution is 2.33. The lowest BCUT2D eigenvalue weighted by atomic mass is 10.0. The van der Waals surface area contributed by atoms with E-state index in [4.69, 9.17) is 0 Å². The third-order valence-electron chi connectivity index (χ3n) is 4.23. The lowest BCUT2D eigenvalue weighted by Gasteiger charge is -2.27. The van der Waals surface area contributed by atoms with Crippen LogP contribution in [0.15, 0.2) is 0 Å². The average Bonchev–Trinajstić information content (AvgIpc) is 2.91. The number of hydrogen-bond acceptors (Lipinski definition) is 6. The van der Waals surface area contributed by atoms with Crippen molar-refractivity contribution in [3.05, 3.63) is 0 Å². The molecule has 0 unspecified atom stereocenters. The molecule has 0 aromatic heterocycles. The van der Waals surface area contributed by atoms with Gasteiger partial charge in [-0.15, -0.1) is 11.8 Å². The monoisotopic (exact) mass is 426 g/mol. The van der Waals surface area contributed by atoms with Crippen LogP contribution in [-0.4, -0.2) is 77.4 Å². The second-order valence-electron chi connectivity index (χ2n) is 7.18. The maximum Gasteiger partial charge on any atom is 0.452 e. The average molecular weight is 426 g/mol. The standard InChI is InChI=1S/C16H25F3N4O4S/c1-8(12(25)16(17,18)19)21-13(26)9(6-10(24)23(4)5)22-14(27)11-15(2,3)28-7-20-11/h8-9,11,20H,6-7H2,1-5H3,(H,21,26)(H,22,27)/t8-,9+,11+/m0/s1. The van der Waals surface area contributed by atoms with Crippen molar-refractivity contribution in [2.45, 2.75) is 56.2 Å². The zero-order valence-corrected chi connectivity index (χ0v) is 17.1. The number of thioether (sulfide) groups is 1. The molecular formula is C16H25F3N4O4S. The van der Waals surface area contributed by atoms with Crippen molar-refractivity contribution in [2.24, 2.45) is 0 Å². The van der Waals surface area contributed by atoms with Gasteiger partial charge in [-0.1, -0.05) is 0 Å². The minimum absolute atomic E-state index is 0.461. The van der Waals surface area contributed by atoms with Crippen molar-refractivity contribution in [3.8, 4) is 0 Å². The molecule has 8 nitrogen and oxygen atoms in total. The molecule has 0 aromatic carbocycles. The van der Waals surface area contributed by atoms with Gasteiger partial charge in [0.05, 0.1) is 12.5 Å². The maximum atomic E-state index is 12.6. The highest BCUT2D eigenvalue weighted by molar-refractivity contribution is 8.00. The first-order valence-electron chi connectivity index (χ1n) is 8.46. The van der Waals surface area contributed by atoms with Gasteiger partial charge in [-0.05, 0) is 20.8 Å². The third-order valence-corrected chi connectivity index (χ3v) is 5.52. The molecule has 12 heteroatoms. The Balaban J connectivity index is 2.92. The summed E-state index contributed by atoms with van der Waals surface area (Å²) in [7, 11) is 2.88. The summed E-state index contributed by atoms with van der Waals surface area (Å²) in [5.41, 5.74) is 0. The van der Waals surface area contributed by atoms with Gasteiger partial charge in [0.2, 0.25) is 17.7 Å². The molecular weight excluding hydrogens is 401 g/mol. The number of nitrogens with one attached hydrogen (secondary N) is 3. The number of amides is 3. The van der Waals surface area contributed by atoms with Gasteiger partial charge in [0.25, 0.3) is 5.78 Å². The zero-order chi connectivity index (χ0) is 21.9. The molecule has 1 rings (SSSR count). The van der Waals surface area contributed by atoms with Gasteiger partial charge in [0, 0.05) is 24.7 Å². The van der Waals surface area contributed by atoms with Crippen LogP contribution < -0.4 is 16.0 Å². The fraction of sp³-hybridized carbons (Fsp3) is 0.750. The van der Waals surface area contributed by atoms with E-state index in [0.29, 0.717) is 5.88 Å². The number of carbonyl (C=O) groups excluding carboxylic acids is 4. The van der Waals surface area contributed by atoms with Gasteiger partial charge >= 0.3 is 6.18 Å². The molecule has 0 aliphatic carbocycles. The van der Waals surface area contributed by atoms with Crippen molar-refractivity contribution in [3.63, 3.8) is 0 Å². The lowest BCUT2D eigenvalue weighted by molar-refractivity contribution is -0.173. The number of halogens is 3. The van der Waals surface area contributed by atoms with Crippen molar-refractivity contribution < 1.29 is 32.3 Å². The first-order valence-corrected chi connectivity index (χ1v) is 9.44. The number of alkyl halides is 3. The summed E-state index contributed by atoms with van der Waals surface area (Å²) in [6, 6.07) is -3.93. The van der Waals surface area contributed by atoms with E-state index in [1.54, 1.807) is 0 Å². The Morgan fingerprint density at radius 1 is 1.21 bits per heavy atom. The maximum absolute atomic E-state index is 12.6. The van der Waals surface area contributed by atoms with Crippen LogP contribution in [0.25, 0.3) is 0 Å². The van der Waals surface area contributed by atoms with Crippen LogP contribution in [0.3, 0.4) is 0 Å². The first kappa shape index (κ1) is 24.2. The minimum atomic E-state index is -5.11. The van der Waals surface area contributed by atoms with E-state index in [1.165, 1.54) is 30.8 Å². The van der Waals surface area contributed by atoms with Gasteiger partial charge in [-0.2, -0.15) is 13.2 Å². The van der Waals surface area contributed by atoms with Crippen LogP contribution in [0.2, 0.25) is 0 Å². The van der Waals surface area contributed by atoms with Crippen LogP contribution in [0, 0.1) is 0 Å². The summed E-state index contributed by atoms with van der Waals surface area (Å²) in [4.78, 5) is 49.4. The summed E-state index contributed by atoms with van der Waals surface area (Å²) in [6.45, 7) is 4.54. The Hall–Kier alpha value is -1.82. The molecule has 1 saturated heterocycles. The Morgan fingerprint density at radius 3 is 2.21 bits per heavy atom. The van der Waals surface area contributed by atoms with Gasteiger partial charge in [0.1, 0.15) is 12.1 Å². The lowest BCUT2D eigenvalue weighted by Crippen LogP contribution is -2.58. The van der Waals surface area contributed by atoms with E-state index in [2.05, 4.69) is 10.6 Å². The molecule has 3 amide bonds. The smallest absolute Gasteiger partial charge is 0.349 e. The van der Waals surface area contributed by atoms with Crippen molar-refractivity contribution in [1.29, 1.82) is 0 Å². The molecule has 1 aliphatic rings.